The molecule has 0 aromatic heterocycles. The van der Waals surface area contributed by atoms with Gasteiger partial charge in [0.15, 0.2) is 0 Å². The van der Waals surface area contributed by atoms with Crippen LogP contribution >= 0.6 is 0 Å². The summed E-state index contributed by atoms with van der Waals surface area (Å²) in [5, 5.41) is 0. The Morgan fingerprint density at radius 2 is 2.44 bits per heavy atom. The van der Waals surface area contributed by atoms with Crippen molar-refractivity contribution in [3.63, 3.8) is 0 Å². The number of Topliss-reactive ketones (excluding diaryl/α,β-unsaturated/α-hetero) is 1. The van der Waals surface area contributed by atoms with Gasteiger partial charge >= 0.3 is 0 Å². The van der Waals surface area contributed by atoms with E-state index in [1.54, 1.807) is 5.57 Å². The maximum Gasteiger partial charge on any atom is 0.140 e. The van der Waals surface area contributed by atoms with Gasteiger partial charge < -0.3 is 0 Å². The highest BCUT2D eigenvalue weighted by Crippen LogP contribution is 2.68. The molecule has 0 N–H and O–H groups in total. The fourth-order valence-electron chi connectivity index (χ4n) is 2.40. The maximum absolute atomic E-state index is 11.0. The van der Waals surface area contributed by atoms with Crippen molar-refractivity contribution < 1.29 is 4.79 Å². The summed E-state index contributed by atoms with van der Waals surface area (Å²) in [6.07, 6.45) is 5.49. The van der Waals surface area contributed by atoms with Crippen molar-refractivity contribution in [1.29, 1.82) is 0 Å². The third-order valence-corrected chi connectivity index (χ3v) is 3.02. The third-order valence-electron chi connectivity index (χ3n) is 3.02. The molecule has 1 nitrogen and oxygen atoms in total. The molecule has 3 aliphatic rings. The molecule has 0 saturated heterocycles. The topological polar surface area (TPSA) is 17.1 Å². The zero-order chi connectivity index (χ0) is 6.06. The molecule has 0 aromatic rings. The first-order chi connectivity index (χ1) is 4.30. The van der Waals surface area contributed by atoms with Gasteiger partial charge in [-0.1, -0.05) is 11.6 Å². The number of carbonyl (C=O) groups is 1. The minimum atomic E-state index is 0.355. The van der Waals surface area contributed by atoms with Crippen LogP contribution in [0.2, 0.25) is 0 Å². The zero-order valence-corrected chi connectivity index (χ0v) is 5.18. The van der Waals surface area contributed by atoms with E-state index in [-0.39, 0.29) is 0 Å². The lowest BCUT2D eigenvalue weighted by molar-refractivity contribution is -0.119. The summed E-state index contributed by atoms with van der Waals surface area (Å²) in [5.41, 5.74) is 2.05. The van der Waals surface area contributed by atoms with E-state index in [1.807, 2.05) is 0 Å². The third kappa shape index (κ3) is 0.311. The van der Waals surface area contributed by atoms with Crippen LogP contribution in [0.5, 0.6) is 0 Å². The summed E-state index contributed by atoms with van der Waals surface area (Å²) in [6.45, 7) is 0. The van der Waals surface area contributed by atoms with E-state index in [2.05, 4.69) is 6.08 Å². The van der Waals surface area contributed by atoms with Crippen LogP contribution in [0.1, 0.15) is 19.3 Å². The van der Waals surface area contributed by atoms with Crippen LogP contribution in [0.25, 0.3) is 0 Å². The summed E-state index contributed by atoms with van der Waals surface area (Å²) in [6, 6.07) is 0. The van der Waals surface area contributed by atoms with E-state index in [0.29, 0.717) is 17.1 Å². The van der Waals surface area contributed by atoms with E-state index in [9.17, 15) is 4.79 Å². The van der Waals surface area contributed by atoms with Crippen molar-refractivity contribution in [1.82, 2.24) is 0 Å². The molecule has 46 valence electrons. The van der Waals surface area contributed by atoms with Crippen molar-refractivity contribution in [2.75, 3.05) is 0 Å². The second kappa shape index (κ2) is 0.898. The molecule has 0 radical (unpaired) electrons. The number of ketones is 1. The normalized spacial score (nSPS) is 51.3. The van der Waals surface area contributed by atoms with Gasteiger partial charge in [0.2, 0.25) is 0 Å². The lowest BCUT2D eigenvalue weighted by Gasteiger charge is -1.96. The maximum atomic E-state index is 11.0. The summed E-state index contributed by atoms with van der Waals surface area (Å²) < 4.78 is 0. The molecule has 9 heavy (non-hydrogen) atoms. The van der Waals surface area contributed by atoms with E-state index in [0.717, 1.165) is 6.42 Å². The number of fused-ring (bicyclic) bond motifs is 1. The van der Waals surface area contributed by atoms with E-state index >= 15 is 0 Å². The molecular weight excluding hydrogens is 112 g/mol. The van der Waals surface area contributed by atoms with Gasteiger partial charge in [-0.15, -0.1) is 0 Å². The molecule has 3 rings (SSSR count). The van der Waals surface area contributed by atoms with Crippen molar-refractivity contribution in [3.8, 4) is 0 Å². The summed E-state index contributed by atoms with van der Waals surface area (Å²) >= 11 is 0. The largest absolute Gasteiger partial charge is 0.299 e. The van der Waals surface area contributed by atoms with Crippen LogP contribution in [-0.4, -0.2) is 5.78 Å². The fraction of sp³-hybridized carbons (Fsp3) is 0.625. The molecular formula is C8H8O. The summed E-state index contributed by atoms with van der Waals surface area (Å²) in [7, 11) is 0. The molecule has 0 aromatic carbocycles. The molecule has 2 saturated carbocycles. The molecule has 3 aliphatic carbocycles. The van der Waals surface area contributed by atoms with Gasteiger partial charge in [0.1, 0.15) is 5.78 Å². The molecule has 2 atom stereocenters. The smallest absolute Gasteiger partial charge is 0.140 e. The molecule has 1 heteroatoms. The van der Waals surface area contributed by atoms with Crippen LogP contribution in [0.4, 0.5) is 0 Å². The van der Waals surface area contributed by atoms with Crippen molar-refractivity contribution in [2.24, 2.45) is 11.3 Å². The highest BCUT2D eigenvalue weighted by molar-refractivity contribution is 5.90. The Bertz CT molecular complexity index is 239. The Labute approximate surface area is 53.7 Å². The number of carbonyl (C=O) groups excluding carboxylic acids is 1. The van der Waals surface area contributed by atoms with Gasteiger partial charge in [-0.05, 0) is 12.8 Å². The molecule has 2 bridgehead atoms. The lowest BCUT2D eigenvalue weighted by atomic mass is 10.1. The first-order valence-corrected chi connectivity index (χ1v) is 3.54. The zero-order valence-electron chi connectivity index (χ0n) is 5.18. The van der Waals surface area contributed by atoms with E-state index in [1.165, 1.54) is 12.8 Å². The fourth-order valence-corrected chi connectivity index (χ4v) is 2.40. The number of rotatable bonds is 0. The van der Waals surface area contributed by atoms with Gasteiger partial charge in [0.25, 0.3) is 0 Å². The van der Waals surface area contributed by atoms with Crippen LogP contribution < -0.4 is 0 Å². The predicted molar refractivity (Wildman–Crippen MR) is 32.9 cm³/mol. The Hall–Kier alpha value is -0.590. The molecule has 1 spiro atoms. The van der Waals surface area contributed by atoms with Crippen LogP contribution in [0, 0.1) is 11.3 Å². The van der Waals surface area contributed by atoms with Gasteiger partial charge in [-0.3, -0.25) is 4.79 Å². The Kier molecular flexibility index (Phi) is 0.425. The standard InChI is InChI=1S/C8H8O/c9-7-4-8-2-5(7)1-6(8)3-8/h1,5H,2-4H2. The quantitative estimate of drug-likeness (QED) is 0.440. The second-order valence-corrected chi connectivity index (χ2v) is 3.60. The summed E-state index contributed by atoms with van der Waals surface area (Å²) in [4.78, 5) is 11.0. The number of hydrogen-bond donors (Lipinski definition) is 0. The molecule has 2 fully saturated rings. The molecule has 0 heterocycles. The van der Waals surface area contributed by atoms with Crippen molar-refractivity contribution >= 4 is 5.78 Å². The minimum Gasteiger partial charge on any atom is -0.299 e. The first-order valence-electron chi connectivity index (χ1n) is 3.54. The van der Waals surface area contributed by atoms with Gasteiger partial charge in [-0.2, -0.15) is 0 Å². The van der Waals surface area contributed by atoms with Crippen LogP contribution in [0.15, 0.2) is 11.6 Å². The van der Waals surface area contributed by atoms with E-state index < -0.39 is 0 Å². The average molecular weight is 120 g/mol. The second-order valence-electron chi connectivity index (χ2n) is 3.60. The SMILES string of the molecule is O=C1CC23CC2=CC1C3. The molecule has 0 aliphatic heterocycles. The van der Waals surface area contributed by atoms with Crippen LogP contribution in [-0.2, 0) is 4.79 Å². The molecule has 2 unspecified atom stereocenters. The Balaban J connectivity index is 2.22. The number of hydrogen-bond acceptors (Lipinski definition) is 1. The van der Waals surface area contributed by atoms with Crippen LogP contribution in [0.3, 0.4) is 0 Å². The van der Waals surface area contributed by atoms with Gasteiger partial charge in [-0.25, -0.2) is 0 Å². The van der Waals surface area contributed by atoms with E-state index in [4.69, 9.17) is 0 Å². The van der Waals surface area contributed by atoms with Gasteiger partial charge in [0, 0.05) is 17.8 Å². The Morgan fingerprint density at radius 1 is 1.56 bits per heavy atom. The summed E-state index contributed by atoms with van der Waals surface area (Å²) in [5.74, 6) is 0.852. The Morgan fingerprint density at radius 3 is 2.89 bits per heavy atom. The highest BCUT2D eigenvalue weighted by atomic mass is 16.1. The lowest BCUT2D eigenvalue weighted by Crippen LogP contribution is -2.02. The highest BCUT2D eigenvalue weighted by Gasteiger charge is 2.60. The minimum absolute atomic E-state index is 0.355. The average Bonchev–Trinajstić information content (AvgIpc) is 2.23. The predicted octanol–water partition coefficient (Wildman–Crippen LogP) is 1.30. The van der Waals surface area contributed by atoms with Crippen molar-refractivity contribution in [3.05, 3.63) is 11.6 Å². The first kappa shape index (κ1) is 4.26. The monoisotopic (exact) mass is 120 g/mol. The number of allylic oxidation sites excluding steroid dienone is 2. The molecule has 0 amide bonds. The van der Waals surface area contributed by atoms with Gasteiger partial charge in [0.05, 0.1) is 0 Å². The van der Waals surface area contributed by atoms with Crippen molar-refractivity contribution in [2.45, 2.75) is 19.3 Å².